The van der Waals surface area contributed by atoms with Crippen LogP contribution in [0.2, 0.25) is 0 Å². The van der Waals surface area contributed by atoms with Crippen molar-refractivity contribution in [1.82, 2.24) is 9.88 Å². The third-order valence-electron chi connectivity index (χ3n) is 7.06. The molecule has 1 saturated heterocycles. The van der Waals surface area contributed by atoms with Gasteiger partial charge in [-0.1, -0.05) is 13.0 Å². The fourth-order valence-corrected chi connectivity index (χ4v) is 4.81. The first-order chi connectivity index (χ1) is 13.6. The third kappa shape index (κ3) is 3.42. The maximum atomic E-state index is 9.82. The number of nitrogens with zero attached hydrogens (tertiary/aromatic N) is 3. The monoisotopic (exact) mass is 377 g/mol. The van der Waals surface area contributed by atoms with E-state index in [1.165, 1.54) is 44.9 Å². The van der Waals surface area contributed by atoms with E-state index in [9.17, 15) is 5.26 Å². The second kappa shape index (κ2) is 7.60. The van der Waals surface area contributed by atoms with Crippen LogP contribution in [0.5, 0.6) is 0 Å². The summed E-state index contributed by atoms with van der Waals surface area (Å²) in [6.45, 7) is 5.89. The average Bonchev–Trinajstić information content (AvgIpc) is 3.55. The van der Waals surface area contributed by atoms with Crippen molar-refractivity contribution in [3.8, 4) is 6.07 Å². The van der Waals surface area contributed by atoms with Crippen molar-refractivity contribution in [3.05, 3.63) is 41.7 Å². The molecule has 1 aliphatic heterocycles. The average molecular weight is 378 g/mol. The molecule has 0 bridgehead atoms. The molecule has 3 N–H and O–H groups in total. The molecule has 5 heteroatoms. The first kappa shape index (κ1) is 19.0. The molecular weight excluding hydrogens is 346 g/mol. The smallest absolute Gasteiger partial charge is 0.101 e. The molecule has 4 rings (SSSR count). The number of allylic oxidation sites excluding steroid dienone is 2. The minimum atomic E-state index is -0.0280. The Morgan fingerprint density at radius 3 is 2.61 bits per heavy atom. The lowest BCUT2D eigenvalue weighted by molar-refractivity contribution is 0.0538. The molecule has 1 unspecified atom stereocenters. The molecule has 2 aliphatic carbocycles. The highest BCUT2D eigenvalue weighted by molar-refractivity contribution is 5.80. The first-order valence-electron chi connectivity index (χ1n) is 10.6. The molecule has 2 saturated carbocycles. The second-order valence-electron chi connectivity index (χ2n) is 8.69. The number of nitrogens with two attached hydrogens (primary N) is 1. The van der Waals surface area contributed by atoms with Crippen molar-refractivity contribution in [2.45, 2.75) is 51.0 Å². The number of pyridine rings is 1. The van der Waals surface area contributed by atoms with Crippen LogP contribution in [0.3, 0.4) is 0 Å². The molecule has 3 fully saturated rings. The lowest BCUT2D eigenvalue weighted by atomic mass is 9.63. The molecule has 1 atom stereocenters. The van der Waals surface area contributed by atoms with E-state index in [0.29, 0.717) is 16.9 Å². The van der Waals surface area contributed by atoms with Gasteiger partial charge in [-0.25, -0.2) is 0 Å². The van der Waals surface area contributed by atoms with Gasteiger partial charge in [-0.05, 0) is 62.0 Å². The summed E-state index contributed by atoms with van der Waals surface area (Å²) >= 11 is 0. The highest BCUT2D eigenvalue weighted by Gasteiger charge is 2.40. The maximum Gasteiger partial charge on any atom is 0.101 e. The molecule has 28 heavy (non-hydrogen) atoms. The van der Waals surface area contributed by atoms with Crippen molar-refractivity contribution >= 4 is 11.4 Å². The number of nitrogens with one attached hydrogen (secondary N) is 1. The topological polar surface area (TPSA) is 78.0 Å². The predicted molar refractivity (Wildman–Crippen MR) is 113 cm³/mol. The summed E-state index contributed by atoms with van der Waals surface area (Å²) in [7, 11) is 1.90. The van der Waals surface area contributed by atoms with E-state index in [4.69, 9.17) is 5.73 Å². The molecule has 1 spiro atoms. The zero-order chi connectivity index (χ0) is 19.7. The molecule has 2 heterocycles. The minimum absolute atomic E-state index is 0.0280. The van der Waals surface area contributed by atoms with Gasteiger partial charge < -0.3 is 16.0 Å². The van der Waals surface area contributed by atoms with Gasteiger partial charge in [-0.15, -0.1) is 0 Å². The van der Waals surface area contributed by atoms with E-state index in [0.717, 1.165) is 35.7 Å². The zero-order valence-electron chi connectivity index (χ0n) is 16.9. The van der Waals surface area contributed by atoms with Gasteiger partial charge in [-0.3, -0.25) is 4.98 Å². The van der Waals surface area contributed by atoms with Gasteiger partial charge in [-0.2, -0.15) is 5.26 Å². The lowest BCUT2D eigenvalue weighted by Gasteiger charge is -2.49. The largest absolute Gasteiger partial charge is 0.386 e. The van der Waals surface area contributed by atoms with Gasteiger partial charge in [0, 0.05) is 31.7 Å². The summed E-state index contributed by atoms with van der Waals surface area (Å²) in [6.07, 6.45) is 12.4. The molecule has 0 aromatic carbocycles. The van der Waals surface area contributed by atoms with Gasteiger partial charge >= 0.3 is 0 Å². The fraction of sp³-hybridized carbons (Fsp3) is 0.565. The number of anilines is 1. The van der Waals surface area contributed by atoms with Crippen LogP contribution in [0.4, 0.5) is 5.69 Å². The van der Waals surface area contributed by atoms with E-state index < -0.39 is 0 Å². The van der Waals surface area contributed by atoms with E-state index in [2.05, 4.69) is 33.9 Å². The van der Waals surface area contributed by atoms with Gasteiger partial charge in [0.1, 0.15) is 6.07 Å². The van der Waals surface area contributed by atoms with Gasteiger partial charge in [0.15, 0.2) is 0 Å². The van der Waals surface area contributed by atoms with E-state index >= 15 is 0 Å². The van der Waals surface area contributed by atoms with E-state index in [-0.39, 0.29) is 6.04 Å². The summed E-state index contributed by atoms with van der Waals surface area (Å²) < 4.78 is 0. The second-order valence-corrected chi connectivity index (χ2v) is 8.69. The molecule has 1 aromatic heterocycles. The minimum Gasteiger partial charge on any atom is -0.386 e. The normalized spacial score (nSPS) is 22.7. The van der Waals surface area contributed by atoms with Crippen molar-refractivity contribution < 1.29 is 0 Å². The Morgan fingerprint density at radius 1 is 1.39 bits per heavy atom. The predicted octanol–water partition coefficient (Wildman–Crippen LogP) is 4.22. The molecular formula is C23H31N5. The molecule has 5 nitrogen and oxygen atoms in total. The number of hydrogen-bond donors (Lipinski definition) is 2. The van der Waals surface area contributed by atoms with Crippen molar-refractivity contribution in [3.63, 3.8) is 0 Å². The molecule has 148 valence electrons. The molecule has 0 amide bonds. The van der Waals surface area contributed by atoms with Crippen LogP contribution in [-0.4, -0.2) is 30.0 Å². The number of piperidine rings is 1. The lowest BCUT2D eigenvalue weighted by Crippen LogP contribution is -2.43. The summed E-state index contributed by atoms with van der Waals surface area (Å²) in [6, 6.07) is 4.44. The van der Waals surface area contributed by atoms with Crippen LogP contribution < -0.4 is 11.1 Å². The zero-order valence-corrected chi connectivity index (χ0v) is 16.9. The Balaban J connectivity index is 1.72. The van der Waals surface area contributed by atoms with Crippen molar-refractivity contribution in [1.29, 1.82) is 5.26 Å². The van der Waals surface area contributed by atoms with Crippen molar-refractivity contribution in [2.24, 2.45) is 17.1 Å². The van der Waals surface area contributed by atoms with Crippen LogP contribution in [0.15, 0.2) is 30.5 Å². The standard InChI is InChI=1S/C23H31N5/c1-3-16(14-24)22(28-11-9-23(10-12-28)7-4-8-23)18-13-19(21(25)17-5-6-17)27-15-20(18)26-2/h3,13,15,17,21,26H,1,4-12,25H2,2H3/b22-16-. The Kier molecular flexibility index (Phi) is 5.16. The number of rotatable bonds is 6. The van der Waals surface area contributed by atoms with Gasteiger partial charge in [0.2, 0.25) is 0 Å². The quantitative estimate of drug-likeness (QED) is 0.573. The SMILES string of the molecule is C=C/C(C#N)=C(\c1cc(C(N)C2CC2)ncc1NC)N1CCC2(CCC2)CC1. The number of hydrogen-bond acceptors (Lipinski definition) is 5. The Bertz CT molecular complexity index is 816. The number of aromatic nitrogens is 1. The first-order valence-corrected chi connectivity index (χ1v) is 10.6. The van der Waals surface area contributed by atoms with Gasteiger partial charge in [0.05, 0.1) is 28.8 Å². The van der Waals surface area contributed by atoms with Crippen LogP contribution in [0.1, 0.15) is 62.2 Å². The molecule has 1 aromatic rings. The summed E-state index contributed by atoms with van der Waals surface area (Å²) in [5, 5.41) is 13.1. The van der Waals surface area contributed by atoms with Gasteiger partial charge in [0.25, 0.3) is 0 Å². The highest BCUT2D eigenvalue weighted by atomic mass is 15.2. The van der Waals surface area contributed by atoms with E-state index in [1.54, 1.807) is 6.08 Å². The number of likely N-dealkylation sites (tertiary alicyclic amines) is 1. The van der Waals surface area contributed by atoms with Crippen LogP contribution >= 0.6 is 0 Å². The summed E-state index contributed by atoms with van der Waals surface area (Å²) in [5.41, 5.74) is 11.5. The maximum absolute atomic E-state index is 9.82. The third-order valence-corrected chi connectivity index (χ3v) is 7.06. The Morgan fingerprint density at radius 2 is 2.11 bits per heavy atom. The van der Waals surface area contributed by atoms with Crippen LogP contribution in [0, 0.1) is 22.7 Å². The fourth-order valence-electron chi connectivity index (χ4n) is 4.81. The summed E-state index contributed by atoms with van der Waals surface area (Å²) in [4.78, 5) is 7.00. The van der Waals surface area contributed by atoms with Crippen LogP contribution in [0.25, 0.3) is 5.70 Å². The Hall–Kier alpha value is -2.32. The number of nitriles is 1. The molecule has 0 radical (unpaired) electrons. The summed E-state index contributed by atoms with van der Waals surface area (Å²) in [5.74, 6) is 0.538. The molecule has 3 aliphatic rings. The Labute approximate surface area is 168 Å². The highest BCUT2D eigenvalue weighted by Crippen LogP contribution is 2.50. The van der Waals surface area contributed by atoms with E-state index in [1.807, 2.05) is 13.2 Å². The van der Waals surface area contributed by atoms with Crippen LogP contribution in [-0.2, 0) is 0 Å². The van der Waals surface area contributed by atoms with Crippen molar-refractivity contribution in [2.75, 3.05) is 25.5 Å².